The molecule has 1 saturated heterocycles. The fraction of sp³-hybridized carbons (Fsp3) is 0.300. The topological polar surface area (TPSA) is 82.1 Å². The number of carbonyl (C=O) groups is 2. The van der Waals surface area contributed by atoms with Crippen molar-refractivity contribution in [1.29, 1.82) is 0 Å². The van der Waals surface area contributed by atoms with Gasteiger partial charge in [0.05, 0.1) is 11.1 Å². The van der Waals surface area contributed by atoms with E-state index in [0.29, 0.717) is 11.1 Å². The van der Waals surface area contributed by atoms with Crippen LogP contribution in [0.2, 0.25) is 0 Å². The van der Waals surface area contributed by atoms with Crippen molar-refractivity contribution >= 4 is 11.9 Å². The largest absolute Gasteiger partial charge is 0.459 e. The molecule has 0 spiro atoms. The number of carbonyl (C=O) groups excluding carboxylic acids is 2. The molecule has 26 heavy (non-hydrogen) atoms. The van der Waals surface area contributed by atoms with Crippen molar-refractivity contribution in [2.75, 3.05) is 6.61 Å². The zero-order valence-electron chi connectivity index (χ0n) is 14.3. The van der Waals surface area contributed by atoms with Gasteiger partial charge in [-0.05, 0) is 31.2 Å². The van der Waals surface area contributed by atoms with E-state index in [1.165, 1.54) is 0 Å². The Bertz CT molecular complexity index is 760. The third-order valence-electron chi connectivity index (χ3n) is 4.26. The van der Waals surface area contributed by atoms with E-state index in [1.807, 2.05) is 0 Å². The molecule has 0 bridgehead atoms. The van der Waals surface area contributed by atoms with Crippen LogP contribution < -0.4 is 0 Å². The predicted octanol–water partition coefficient (Wildman–Crippen LogP) is 2.57. The average molecular weight is 356 g/mol. The number of aliphatic hydroxyl groups excluding tert-OH is 1. The number of ether oxygens (including phenoxy) is 3. The lowest BCUT2D eigenvalue weighted by Crippen LogP contribution is -2.44. The monoisotopic (exact) mass is 356 g/mol. The highest BCUT2D eigenvalue weighted by Gasteiger charge is 2.48. The fourth-order valence-corrected chi connectivity index (χ4v) is 2.80. The zero-order valence-corrected chi connectivity index (χ0v) is 14.3. The first kappa shape index (κ1) is 18.1. The van der Waals surface area contributed by atoms with Crippen LogP contribution in [0.1, 0.15) is 34.1 Å². The Balaban J connectivity index is 1.66. The SMILES string of the molecule is C[C@]1(COC(=O)c2ccccc2)O[C@H](O)C[C@@H]1OC(=O)c1ccccc1. The minimum atomic E-state index is -1.13. The van der Waals surface area contributed by atoms with E-state index >= 15 is 0 Å². The van der Waals surface area contributed by atoms with Crippen LogP contribution in [0.5, 0.6) is 0 Å². The first-order valence-corrected chi connectivity index (χ1v) is 8.32. The molecule has 0 aliphatic carbocycles. The van der Waals surface area contributed by atoms with E-state index in [9.17, 15) is 14.7 Å². The minimum Gasteiger partial charge on any atom is -0.459 e. The molecule has 6 heteroatoms. The van der Waals surface area contributed by atoms with Crippen LogP contribution in [0.3, 0.4) is 0 Å². The molecule has 3 rings (SSSR count). The van der Waals surface area contributed by atoms with E-state index in [0.717, 1.165) is 0 Å². The molecular weight excluding hydrogens is 336 g/mol. The summed E-state index contributed by atoms with van der Waals surface area (Å²) in [4.78, 5) is 24.4. The molecule has 0 saturated carbocycles. The van der Waals surface area contributed by atoms with Crippen LogP contribution in [-0.4, -0.2) is 41.6 Å². The lowest BCUT2D eigenvalue weighted by Gasteiger charge is -2.29. The van der Waals surface area contributed by atoms with Gasteiger partial charge < -0.3 is 19.3 Å². The third-order valence-corrected chi connectivity index (χ3v) is 4.26. The van der Waals surface area contributed by atoms with Crippen LogP contribution in [0.25, 0.3) is 0 Å². The first-order chi connectivity index (χ1) is 12.5. The summed E-state index contributed by atoms with van der Waals surface area (Å²) in [7, 11) is 0. The normalized spacial score (nSPS) is 24.8. The summed E-state index contributed by atoms with van der Waals surface area (Å²) in [6.07, 6.45) is -1.73. The molecule has 0 amide bonds. The van der Waals surface area contributed by atoms with E-state index < -0.39 is 29.9 Å². The van der Waals surface area contributed by atoms with Crippen molar-refractivity contribution in [1.82, 2.24) is 0 Å². The van der Waals surface area contributed by atoms with Gasteiger partial charge in [0.15, 0.2) is 6.29 Å². The quantitative estimate of drug-likeness (QED) is 0.829. The minimum absolute atomic E-state index is 0.109. The molecule has 1 fully saturated rings. The third kappa shape index (κ3) is 4.09. The van der Waals surface area contributed by atoms with Crippen molar-refractivity contribution in [3.05, 3.63) is 71.8 Å². The van der Waals surface area contributed by atoms with Crippen molar-refractivity contribution < 1.29 is 28.9 Å². The summed E-state index contributed by atoms with van der Waals surface area (Å²) in [6.45, 7) is 1.49. The Labute approximate surface area is 151 Å². The smallest absolute Gasteiger partial charge is 0.338 e. The Morgan fingerprint density at radius 1 is 1.04 bits per heavy atom. The van der Waals surface area contributed by atoms with Gasteiger partial charge in [-0.25, -0.2) is 9.59 Å². The lowest BCUT2D eigenvalue weighted by atomic mass is 10.00. The van der Waals surface area contributed by atoms with Crippen molar-refractivity contribution in [3.8, 4) is 0 Å². The first-order valence-electron chi connectivity index (χ1n) is 8.32. The van der Waals surface area contributed by atoms with E-state index in [1.54, 1.807) is 67.6 Å². The average Bonchev–Trinajstić information content (AvgIpc) is 2.94. The van der Waals surface area contributed by atoms with E-state index in [-0.39, 0.29) is 13.0 Å². The Morgan fingerprint density at radius 2 is 1.58 bits per heavy atom. The summed E-state index contributed by atoms with van der Waals surface area (Å²) in [6, 6.07) is 17.1. The van der Waals surface area contributed by atoms with Gasteiger partial charge in [-0.2, -0.15) is 0 Å². The summed E-state index contributed by atoms with van der Waals surface area (Å²) < 4.78 is 16.3. The van der Waals surface area contributed by atoms with Gasteiger partial charge in [-0.3, -0.25) is 0 Å². The molecule has 136 valence electrons. The molecule has 0 radical (unpaired) electrons. The number of benzene rings is 2. The summed E-state index contributed by atoms with van der Waals surface area (Å²) >= 11 is 0. The van der Waals surface area contributed by atoms with Gasteiger partial charge in [0.2, 0.25) is 0 Å². The second-order valence-electron chi connectivity index (χ2n) is 6.32. The standard InChI is InChI=1S/C20H20O6/c1-20(13-24-18(22)14-8-4-2-5-9-14)16(12-17(21)26-20)25-19(23)15-10-6-3-7-11-15/h2-11,16-17,21H,12-13H2,1H3/t16-,17-,20+/m0/s1. The molecule has 3 atom stereocenters. The van der Waals surface area contributed by atoms with Gasteiger partial charge in [0.1, 0.15) is 18.3 Å². The summed E-state index contributed by atoms with van der Waals surface area (Å²) in [5.74, 6) is -1.03. The number of hydrogen-bond acceptors (Lipinski definition) is 6. The number of rotatable bonds is 5. The fourth-order valence-electron chi connectivity index (χ4n) is 2.80. The Hall–Kier alpha value is -2.70. The molecular formula is C20H20O6. The molecule has 2 aromatic rings. The molecule has 1 aliphatic rings. The maximum Gasteiger partial charge on any atom is 0.338 e. The number of aliphatic hydroxyl groups is 1. The van der Waals surface area contributed by atoms with E-state index in [4.69, 9.17) is 14.2 Å². The lowest BCUT2D eigenvalue weighted by molar-refractivity contribution is -0.159. The van der Waals surface area contributed by atoms with Gasteiger partial charge in [0.25, 0.3) is 0 Å². The molecule has 6 nitrogen and oxygen atoms in total. The van der Waals surface area contributed by atoms with Gasteiger partial charge in [0, 0.05) is 6.42 Å². The van der Waals surface area contributed by atoms with Crippen LogP contribution in [-0.2, 0) is 14.2 Å². The number of hydrogen-bond donors (Lipinski definition) is 1. The molecule has 0 aromatic heterocycles. The van der Waals surface area contributed by atoms with Crippen molar-refractivity contribution in [2.24, 2.45) is 0 Å². The maximum absolute atomic E-state index is 12.3. The predicted molar refractivity (Wildman–Crippen MR) is 92.5 cm³/mol. The highest BCUT2D eigenvalue weighted by molar-refractivity contribution is 5.90. The van der Waals surface area contributed by atoms with Crippen LogP contribution in [0, 0.1) is 0 Å². The molecule has 1 aliphatic heterocycles. The van der Waals surface area contributed by atoms with Gasteiger partial charge in [-0.1, -0.05) is 36.4 Å². The highest BCUT2D eigenvalue weighted by Crippen LogP contribution is 2.33. The molecule has 1 heterocycles. The molecule has 2 aromatic carbocycles. The van der Waals surface area contributed by atoms with Crippen molar-refractivity contribution in [2.45, 2.75) is 31.3 Å². The molecule has 0 unspecified atom stereocenters. The van der Waals surface area contributed by atoms with Crippen LogP contribution in [0.4, 0.5) is 0 Å². The van der Waals surface area contributed by atoms with E-state index in [2.05, 4.69) is 0 Å². The Kier molecular flexibility index (Phi) is 5.35. The zero-order chi connectivity index (χ0) is 18.6. The van der Waals surface area contributed by atoms with Crippen LogP contribution >= 0.6 is 0 Å². The second-order valence-corrected chi connectivity index (χ2v) is 6.32. The summed E-state index contributed by atoms with van der Waals surface area (Å²) in [5.41, 5.74) is -0.320. The van der Waals surface area contributed by atoms with Gasteiger partial charge >= 0.3 is 11.9 Å². The Morgan fingerprint density at radius 3 is 2.15 bits per heavy atom. The highest BCUT2D eigenvalue weighted by atomic mass is 16.7. The van der Waals surface area contributed by atoms with Crippen LogP contribution in [0.15, 0.2) is 60.7 Å². The summed E-state index contributed by atoms with van der Waals surface area (Å²) in [5, 5.41) is 9.85. The number of esters is 2. The maximum atomic E-state index is 12.3. The molecule has 1 N–H and O–H groups in total. The van der Waals surface area contributed by atoms with Crippen molar-refractivity contribution in [3.63, 3.8) is 0 Å². The van der Waals surface area contributed by atoms with Gasteiger partial charge in [-0.15, -0.1) is 0 Å². The second kappa shape index (κ2) is 7.68.